The molecule has 1 aromatic carbocycles. The molecule has 0 aliphatic rings. The number of ether oxygens (including phenoxy) is 3. The maximum Gasteiger partial charge on any atom is 0.307 e. The van der Waals surface area contributed by atoms with Gasteiger partial charge in [0, 0.05) is 26.6 Å². The van der Waals surface area contributed by atoms with Crippen LogP contribution in [-0.4, -0.2) is 62.6 Å². The monoisotopic (exact) mass is 366 g/mol. The molecule has 26 heavy (non-hydrogen) atoms. The van der Waals surface area contributed by atoms with E-state index in [4.69, 9.17) is 9.47 Å². The van der Waals surface area contributed by atoms with Crippen LogP contribution in [0.1, 0.15) is 20.3 Å². The fourth-order valence-electron chi connectivity index (χ4n) is 2.09. The molecule has 144 valence electrons. The van der Waals surface area contributed by atoms with Crippen molar-refractivity contribution in [1.29, 1.82) is 0 Å². The van der Waals surface area contributed by atoms with E-state index in [1.54, 1.807) is 24.3 Å². The molecule has 8 heteroatoms. The topological polar surface area (TPSA) is 94.2 Å². The summed E-state index contributed by atoms with van der Waals surface area (Å²) < 4.78 is 15.4. The van der Waals surface area contributed by atoms with E-state index < -0.39 is 5.97 Å². The van der Waals surface area contributed by atoms with E-state index in [-0.39, 0.29) is 37.9 Å². The third-order valence-corrected chi connectivity index (χ3v) is 3.42. The van der Waals surface area contributed by atoms with E-state index in [9.17, 15) is 14.4 Å². The lowest BCUT2D eigenvalue weighted by atomic mass is 10.3. The lowest BCUT2D eigenvalue weighted by molar-refractivity contribution is -0.142. The fraction of sp³-hybridized carbons (Fsp3) is 0.500. The molecular formula is C18H26N2O6. The average Bonchev–Trinajstić information content (AvgIpc) is 2.63. The van der Waals surface area contributed by atoms with Gasteiger partial charge in [0.25, 0.3) is 5.91 Å². The SMILES string of the molecule is CCOc1ccc(OCC(=O)N(CCNC(C)=O)CCC(=O)OC)cc1. The summed E-state index contributed by atoms with van der Waals surface area (Å²) in [6.07, 6.45) is 0.0748. The van der Waals surface area contributed by atoms with Crippen molar-refractivity contribution in [2.24, 2.45) is 0 Å². The maximum atomic E-state index is 12.4. The van der Waals surface area contributed by atoms with E-state index in [1.165, 1.54) is 18.9 Å². The molecule has 0 spiro atoms. The molecule has 0 aliphatic carbocycles. The Labute approximate surface area is 153 Å². The lowest BCUT2D eigenvalue weighted by Gasteiger charge is -2.22. The Morgan fingerprint density at radius 1 is 1.04 bits per heavy atom. The first-order chi connectivity index (χ1) is 12.5. The normalized spacial score (nSPS) is 9.96. The molecule has 0 unspecified atom stereocenters. The van der Waals surface area contributed by atoms with Crippen LogP contribution in [0.15, 0.2) is 24.3 Å². The van der Waals surface area contributed by atoms with Crippen LogP contribution < -0.4 is 14.8 Å². The standard InChI is InChI=1S/C18H26N2O6/c1-4-25-15-5-7-16(8-6-15)26-13-17(22)20(11-9-18(23)24-3)12-10-19-14(2)21/h5-8H,4,9-13H2,1-3H3,(H,19,21). The Balaban J connectivity index is 2.55. The molecule has 0 atom stereocenters. The Kier molecular flexibility index (Phi) is 9.59. The number of hydrogen-bond acceptors (Lipinski definition) is 6. The van der Waals surface area contributed by atoms with Gasteiger partial charge < -0.3 is 24.4 Å². The summed E-state index contributed by atoms with van der Waals surface area (Å²) in [5.74, 6) is 0.386. The summed E-state index contributed by atoms with van der Waals surface area (Å²) >= 11 is 0. The van der Waals surface area contributed by atoms with Crippen LogP contribution in [-0.2, 0) is 19.1 Å². The van der Waals surface area contributed by atoms with Crippen molar-refractivity contribution in [3.63, 3.8) is 0 Å². The van der Waals surface area contributed by atoms with Crippen molar-refractivity contribution in [3.05, 3.63) is 24.3 Å². The van der Waals surface area contributed by atoms with Gasteiger partial charge in [-0.05, 0) is 31.2 Å². The highest BCUT2D eigenvalue weighted by atomic mass is 16.5. The van der Waals surface area contributed by atoms with E-state index in [0.29, 0.717) is 18.9 Å². The van der Waals surface area contributed by atoms with Crippen molar-refractivity contribution in [2.45, 2.75) is 20.3 Å². The predicted octanol–water partition coefficient (Wildman–Crippen LogP) is 0.992. The number of amides is 2. The first kappa shape index (κ1) is 21.3. The van der Waals surface area contributed by atoms with Crippen molar-refractivity contribution in [2.75, 3.05) is 40.0 Å². The molecule has 1 N–H and O–H groups in total. The number of esters is 1. The van der Waals surface area contributed by atoms with Gasteiger partial charge in [-0.2, -0.15) is 0 Å². The van der Waals surface area contributed by atoms with E-state index in [0.717, 1.165) is 5.75 Å². The Hall–Kier alpha value is -2.77. The minimum Gasteiger partial charge on any atom is -0.494 e. The third kappa shape index (κ3) is 8.36. The summed E-state index contributed by atoms with van der Waals surface area (Å²) in [6, 6.07) is 6.95. The highest BCUT2D eigenvalue weighted by Gasteiger charge is 2.16. The van der Waals surface area contributed by atoms with Gasteiger partial charge in [-0.3, -0.25) is 14.4 Å². The highest BCUT2D eigenvalue weighted by Crippen LogP contribution is 2.17. The van der Waals surface area contributed by atoms with Crippen LogP contribution >= 0.6 is 0 Å². The molecule has 0 bridgehead atoms. The number of methoxy groups -OCH3 is 1. The van der Waals surface area contributed by atoms with Gasteiger partial charge in [0.1, 0.15) is 11.5 Å². The molecule has 0 heterocycles. The number of benzene rings is 1. The zero-order valence-electron chi connectivity index (χ0n) is 15.4. The summed E-state index contributed by atoms with van der Waals surface area (Å²) in [5, 5.41) is 2.62. The Morgan fingerprint density at radius 3 is 2.19 bits per heavy atom. The average molecular weight is 366 g/mol. The van der Waals surface area contributed by atoms with E-state index in [2.05, 4.69) is 10.1 Å². The lowest BCUT2D eigenvalue weighted by Crippen LogP contribution is -2.41. The van der Waals surface area contributed by atoms with E-state index in [1.807, 2.05) is 6.92 Å². The maximum absolute atomic E-state index is 12.4. The van der Waals surface area contributed by atoms with Gasteiger partial charge in [0.2, 0.25) is 5.91 Å². The zero-order chi connectivity index (χ0) is 19.4. The molecule has 0 saturated heterocycles. The van der Waals surface area contributed by atoms with Crippen molar-refractivity contribution < 1.29 is 28.6 Å². The number of hydrogen-bond donors (Lipinski definition) is 1. The summed E-state index contributed by atoms with van der Waals surface area (Å²) in [7, 11) is 1.29. The number of nitrogens with one attached hydrogen (secondary N) is 1. The Bertz CT molecular complexity index is 588. The van der Waals surface area contributed by atoms with Crippen molar-refractivity contribution in [3.8, 4) is 11.5 Å². The van der Waals surface area contributed by atoms with Gasteiger partial charge >= 0.3 is 5.97 Å². The number of rotatable bonds is 11. The summed E-state index contributed by atoms with van der Waals surface area (Å²) in [6.45, 7) is 4.46. The number of nitrogens with zero attached hydrogens (tertiary/aromatic N) is 1. The molecule has 1 rings (SSSR count). The summed E-state index contributed by atoms with van der Waals surface area (Å²) in [5.41, 5.74) is 0. The highest BCUT2D eigenvalue weighted by molar-refractivity contribution is 5.79. The summed E-state index contributed by atoms with van der Waals surface area (Å²) in [4.78, 5) is 36.1. The van der Waals surface area contributed by atoms with Crippen molar-refractivity contribution in [1.82, 2.24) is 10.2 Å². The number of carbonyl (C=O) groups excluding carboxylic acids is 3. The van der Waals surface area contributed by atoms with Crippen LogP contribution in [0, 0.1) is 0 Å². The molecule has 0 aromatic heterocycles. The van der Waals surface area contributed by atoms with Gasteiger partial charge in [0.15, 0.2) is 6.61 Å². The van der Waals surface area contributed by atoms with Crippen LogP contribution in [0.2, 0.25) is 0 Å². The second-order valence-corrected chi connectivity index (χ2v) is 5.38. The third-order valence-electron chi connectivity index (χ3n) is 3.42. The van der Waals surface area contributed by atoms with Crippen LogP contribution in [0.3, 0.4) is 0 Å². The largest absolute Gasteiger partial charge is 0.494 e. The van der Waals surface area contributed by atoms with Crippen LogP contribution in [0.25, 0.3) is 0 Å². The van der Waals surface area contributed by atoms with Gasteiger partial charge in [-0.25, -0.2) is 0 Å². The fourth-order valence-corrected chi connectivity index (χ4v) is 2.09. The molecule has 0 aliphatic heterocycles. The van der Waals surface area contributed by atoms with Gasteiger partial charge in [0.05, 0.1) is 20.1 Å². The second-order valence-electron chi connectivity index (χ2n) is 5.38. The minimum absolute atomic E-state index is 0.0748. The smallest absolute Gasteiger partial charge is 0.307 e. The molecule has 2 amide bonds. The quantitative estimate of drug-likeness (QED) is 0.587. The molecule has 0 fully saturated rings. The van der Waals surface area contributed by atoms with Gasteiger partial charge in [-0.1, -0.05) is 0 Å². The molecular weight excluding hydrogens is 340 g/mol. The van der Waals surface area contributed by atoms with Crippen molar-refractivity contribution >= 4 is 17.8 Å². The first-order valence-corrected chi connectivity index (χ1v) is 8.41. The first-order valence-electron chi connectivity index (χ1n) is 8.41. The predicted molar refractivity (Wildman–Crippen MR) is 95.0 cm³/mol. The molecule has 0 saturated carbocycles. The molecule has 1 aromatic rings. The Morgan fingerprint density at radius 2 is 1.65 bits per heavy atom. The van der Waals surface area contributed by atoms with Crippen LogP contribution in [0.5, 0.6) is 11.5 Å². The number of carbonyl (C=O) groups is 3. The van der Waals surface area contributed by atoms with Crippen LogP contribution in [0.4, 0.5) is 0 Å². The van der Waals surface area contributed by atoms with E-state index >= 15 is 0 Å². The van der Waals surface area contributed by atoms with Gasteiger partial charge in [-0.15, -0.1) is 0 Å². The molecule has 8 nitrogen and oxygen atoms in total. The second kappa shape index (κ2) is 11.7. The minimum atomic E-state index is -0.408. The zero-order valence-corrected chi connectivity index (χ0v) is 15.4. The molecule has 0 radical (unpaired) electrons.